The summed E-state index contributed by atoms with van der Waals surface area (Å²) in [5.41, 5.74) is 6.14. The summed E-state index contributed by atoms with van der Waals surface area (Å²) in [5.74, 6) is -0.813. The first-order valence-corrected chi connectivity index (χ1v) is 17.4. The maximum Gasteiger partial charge on any atom is 0.303 e. The number of aliphatic hydroxyl groups excluding tert-OH is 1. The van der Waals surface area contributed by atoms with E-state index in [4.69, 9.17) is 14.6 Å². The van der Waals surface area contributed by atoms with Crippen molar-refractivity contribution in [3.8, 4) is 11.1 Å². The van der Waals surface area contributed by atoms with Crippen LogP contribution in [0.4, 0.5) is 0 Å². The molecule has 0 radical (unpaired) electrons. The fourth-order valence-electron chi connectivity index (χ4n) is 6.54. The van der Waals surface area contributed by atoms with Gasteiger partial charge in [0.1, 0.15) is 0 Å². The van der Waals surface area contributed by atoms with Gasteiger partial charge in [-0.05, 0) is 72.7 Å². The maximum atomic E-state index is 12.3. The standard InChI is InChI=1S/C39H50N2O6/c42-28-29-14-16-32(17-15-29)36-25-35(27-41-22-7-2-1-3-8-23-41)46-39(47-36)33-20-18-31(19-21-33)34-11-9-10-30(24-34)26-40-37(43)12-5-4-6-13-38(44)45/h9-11,14-21,24,35-36,39,42H,1-8,12-13,22-23,25-28H2,(H,40,43)(H,44,45). The quantitative estimate of drug-likeness (QED) is 0.158. The molecule has 252 valence electrons. The van der Waals surface area contributed by atoms with Gasteiger partial charge in [-0.15, -0.1) is 0 Å². The van der Waals surface area contributed by atoms with Crippen molar-refractivity contribution in [3.63, 3.8) is 0 Å². The van der Waals surface area contributed by atoms with Gasteiger partial charge >= 0.3 is 5.97 Å². The number of amides is 1. The van der Waals surface area contributed by atoms with Crippen LogP contribution in [0, 0.1) is 0 Å². The first-order chi connectivity index (χ1) is 23.0. The van der Waals surface area contributed by atoms with Crippen molar-refractivity contribution in [3.05, 3.63) is 95.1 Å². The Morgan fingerprint density at radius 2 is 1.47 bits per heavy atom. The molecule has 47 heavy (non-hydrogen) atoms. The van der Waals surface area contributed by atoms with E-state index in [1.54, 1.807) is 0 Å². The molecule has 2 fully saturated rings. The number of hydrogen-bond acceptors (Lipinski definition) is 6. The van der Waals surface area contributed by atoms with E-state index in [1.807, 2.05) is 24.3 Å². The van der Waals surface area contributed by atoms with Crippen LogP contribution in [0.3, 0.4) is 0 Å². The number of carboxylic acid groups (broad SMARTS) is 1. The Morgan fingerprint density at radius 1 is 0.766 bits per heavy atom. The zero-order valence-corrected chi connectivity index (χ0v) is 27.4. The molecule has 0 bridgehead atoms. The number of aliphatic carboxylic acids is 1. The number of ether oxygens (including phenoxy) is 2. The third kappa shape index (κ3) is 11.0. The van der Waals surface area contributed by atoms with E-state index in [0.717, 1.165) is 65.9 Å². The number of nitrogens with one attached hydrogen (secondary N) is 1. The number of rotatable bonds is 14. The molecule has 3 N–H and O–H groups in total. The van der Waals surface area contributed by atoms with E-state index < -0.39 is 12.3 Å². The number of carbonyl (C=O) groups is 2. The number of hydrogen-bond donors (Lipinski definition) is 3. The third-order valence-electron chi connectivity index (χ3n) is 9.25. The largest absolute Gasteiger partial charge is 0.481 e. The van der Waals surface area contributed by atoms with Gasteiger partial charge in [0.25, 0.3) is 0 Å². The lowest BCUT2D eigenvalue weighted by atomic mass is 9.98. The second kappa shape index (κ2) is 18.1. The lowest BCUT2D eigenvalue weighted by molar-refractivity contribution is -0.253. The molecule has 0 aliphatic carbocycles. The summed E-state index contributed by atoms with van der Waals surface area (Å²) in [6, 6.07) is 24.6. The van der Waals surface area contributed by atoms with Crippen molar-refractivity contribution in [2.45, 2.75) is 102 Å². The number of carbonyl (C=O) groups excluding carboxylic acids is 1. The van der Waals surface area contributed by atoms with Gasteiger partial charge in [0.2, 0.25) is 5.91 Å². The summed E-state index contributed by atoms with van der Waals surface area (Å²) < 4.78 is 13.2. The minimum absolute atomic E-state index is 0.0187. The van der Waals surface area contributed by atoms with Gasteiger partial charge in [-0.1, -0.05) is 92.4 Å². The molecule has 0 spiro atoms. The summed E-state index contributed by atoms with van der Waals surface area (Å²) in [7, 11) is 0. The number of aliphatic hydroxyl groups is 1. The van der Waals surface area contributed by atoms with Gasteiger partial charge in [-0.25, -0.2) is 0 Å². The van der Waals surface area contributed by atoms with Crippen LogP contribution < -0.4 is 5.32 Å². The molecule has 2 aliphatic heterocycles. The summed E-state index contributed by atoms with van der Waals surface area (Å²) in [4.78, 5) is 25.5. The molecule has 0 saturated carbocycles. The molecule has 5 rings (SSSR count). The molecule has 3 atom stereocenters. The summed E-state index contributed by atoms with van der Waals surface area (Å²) in [6.45, 7) is 3.61. The minimum Gasteiger partial charge on any atom is -0.481 e. The van der Waals surface area contributed by atoms with Crippen molar-refractivity contribution < 1.29 is 29.3 Å². The molecule has 0 aromatic heterocycles. The van der Waals surface area contributed by atoms with Crippen LogP contribution in [-0.4, -0.2) is 52.7 Å². The maximum absolute atomic E-state index is 12.3. The second-order valence-electron chi connectivity index (χ2n) is 13.0. The zero-order valence-electron chi connectivity index (χ0n) is 27.4. The number of likely N-dealkylation sites (tertiary alicyclic amines) is 1. The van der Waals surface area contributed by atoms with Crippen LogP contribution in [-0.2, 0) is 32.2 Å². The molecule has 8 heteroatoms. The molecule has 2 aliphatic rings. The average Bonchev–Trinajstić information content (AvgIpc) is 3.08. The van der Waals surface area contributed by atoms with Crippen molar-refractivity contribution in [1.82, 2.24) is 10.2 Å². The smallest absolute Gasteiger partial charge is 0.303 e. The zero-order chi connectivity index (χ0) is 32.8. The number of nitrogens with zero attached hydrogens (tertiary/aromatic N) is 1. The Bertz CT molecular complexity index is 1400. The fraction of sp³-hybridized carbons (Fsp3) is 0.487. The lowest BCUT2D eigenvalue weighted by Crippen LogP contribution is -2.40. The molecule has 1 amide bonds. The third-order valence-corrected chi connectivity index (χ3v) is 9.25. The van der Waals surface area contributed by atoms with Crippen LogP contribution in [0.1, 0.15) is 105 Å². The van der Waals surface area contributed by atoms with Crippen LogP contribution in [0.5, 0.6) is 0 Å². The van der Waals surface area contributed by atoms with Gasteiger partial charge in [0, 0.05) is 37.9 Å². The highest BCUT2D eigenvalue weighted by molar-refractivity contribution is 5.76. The van der Waals surface area contributed by atoms with E-state index in [0.29, 0.717) is 25.8 Å². The monoisotopic (exact) mass is 642 g/mol. The predicted molar refractivity (Wildman–Crippen MR) is 182 cm³/mol. The molecular weight excluding hydrogens is 592 g/mol. The highest BCUT2D eigenvalue weighted by Crippen LogP contribution is 2.39. The SMILES string of the molecule is O=C(O)CCCCCC(=O)NCc1cccc(-c2ccc(C3OC(CN4CCCCCCC4)CC(c4ccc(CO)cc4)O3)cc2)c1. The molecule has 2 heterocycles. The van der Waals surface area contributed by atoms with E-state index in [2.05, 4.69) is 58.7 Å². The van der Waals surface area contributed by atoms with E-state index in [9.17, 15) is 14.7 Å². The Kier molecular flexibility index (Phi) is 13.4. The summed E-state index contributed by atoms with van der Waals surface area (Å²) in [6.07, 6.45) is 9.25. The number of unbranched alkanes of at least 4 members (excludes halogenated alkanes) is 2. The topological polar surface area (TPSA) is 108 Å². The molecular formula is C39H50N2O6. The number of carboxylic acids is 1. The highest BCUT2D eigenvalue weighted by Gasteiger charge is 2.33. The van der Waals surface area contributed by atoms with Crippen LogP contribution in [0.2, 0.25) is 0 Å². The van der Waals surface area contributed by atoms with Gasteiger partial charge in [-0.3, -0.25) is 9.59 Å². The van der Waals surface area contributed by atoms with Crippen LogP contribution >= 0.6 is 0 Å². The molecule has 3 unspecified atom stereocenters. The lowest BCUT2D eigenvalue weighted by Gasteiger charge is -2.38. The Balaban J connectivity index is 1.22. The van der Waals surface area contributed by atoms with E-state index in [1.165, 1.54) is 32.1 Å². The van der Waals surface area contributed by atoms with Crippen LogP contribution in [0.25, 0.3) is 11.1 Å². The van der Waals surface area contributed by atoms with Gasteiger partial charge in [0.15, 0.2) is 6.29 Å². The molecule has 8 nitrogen and oxygen atoms in total. The van der Waals surface area contributed by atoms with Crippen molar-refractivity contribution in [2.24, 2.45) is 0 Å². The van der Waals surface area contributed by atoms with Crippen molar-refractivity contribution in [1.29, 1.82) is 0 Å². The Labute approximate surface area is 279 Å². The van der Waals surface area contributed by atoms with Gasteiger partial charge in [-0.2, -0.15) is 0 Å². The van der Waals surface area contributed by atoms with Gasteiger partial charge < -0.3 is 29.9 Å². The van der Waals surface area contributed by atoms with Crippen molar-refractivity contribution in [2.75, 3.05) is 19.6 Å². The first-order valence-electron chi connectivity index (χ1n) is 17.4. The second-order valence-corrected chi connectivity index (χ2v) is 13.0. The minimum atomic E-state index is -0.794. The van der Waals surface area contributed by atoms with Crippen molar-refractivity contribution >= 4 is 11.9 Å². The average molecular weight is 643 g/mol. The fourth-order valence-corrected chi connectivity index (χ4v) is 6.54. The predicted octanol–water partition coefficient (Wildman–Crippen LogP) is 7.31. The number of benzene rings is 3. The van der Waals surface area contributed by atoms with E-state index in [-0.39, 0.29) is 31.1 Å². The normalized spacial score (nSPS) is 20.7. The summed E-state index contributed by atoms with van der Waals surface area (Å²) >= 11 is 0. The Hall–Kier alpha value is -3.56. The highest BCUT2D eigenvalue weighted by atomic mass is 16.7. The molecule has 3 aromatic rings. The summed E-state index contributed by atoms with van der Waals surface area (Å²) in [5, 5.41) is 21.3. The molecule has 2 saturated heterocycles. The Morgan fingerprint density at radius 3 is 2.19 bits per heavy atom. The van der Waals surface area contributed by atoms with E-state index >= 15 is 0 Å². The first kappa shape index (κ1) is 34.8. The van der Waals surface area contributed by atoms with Crippen LogP contribution in [0.15, 0.2) is 72.8 Å². The molecule has 3 aromatic carbocycles. The van der Waals surface area contributed by atoms with Gasteiger partial charge in [0.05, 0.1) is 18.8 Å².